The molecule has 4 saturated heterocycles. The Bertz CT molecular complexity index is 1530. The van der Waals surface area contributed by atoms with Gasteiger partial charge in [0.05, 0.1) is 69.2 Å². The molecule has 21 nitrogen and oxygen atoms in total. The van der Waals surface area contributed by atoms with Crippen LogP contribution in [-0.4, -0.2) is 183 Å². The molecule has 0 aromatic heterocycles. The molecule has 4 fully saturated rings. The van der Waals surface area contributed by atoms with Crippen molar-refractivity contribution in [1.29, 1.82) is 0 Å². The first-order valence-corrected chi connectivity index (χ1v) is 24.8. The van der Waals surface area contributed by atoms with Crippen molar-refractivity contribution in [1.82, 2.24) is 0 Å². The normalized spacial score (nSPS) is 25.1. The lowest BCUT2D eigenvalue weighted by atomic mass is 10.1. The van der Waals surface area contributed by atoms with Gasteiger partial charge >= 0.3 is 17.9 Å². The molecule has 4 aliphatic rings. The van der Waals surface area contributed by atoms with Crippen molar-refractivity contribution in [2.75, 3.05) is 26.4 Å². The fourth-order valence-corrected chi connectivity index (χ4v) is 6.79. The molecular formula is C51H94O21. The first-order valence-electron chi connectivity index (χ1n) is 24.8. The van der Waals surface area contributed by atoms with Crippen LogP contribution in [0.2, 0.25) is 0 Å². The largest absolute Gasteiger partial charge is 0.463 e. The maximum absolute atomic E-state index is 11.4. The van der Waals surface area contributed by atoms with Gasteiger partial charge in [-0.1, -0.05) is 12.7 Å². The van der Waals surface area contributed by atoms with Crippen LogP contribution in [0.15, 0.2) is 24.8 Å². The van der Waals surface area contributed by atoms with Crippen LogP contribution in [0.4, 0.5) is 0 Å². The molecule has 9 atom stereocenters. The zero-order chi connectivity index (χ0) is 56.0. The predicted octanol–water partition coefficient (Wildman–Crippen LogP) is 4.23. The van der Waals surface area contributed by atoms with Crippen LogP contribution >= 0.6 is 0 Å². The lowest BCUT2D eigenvalue weighted by Gasteiger charge is -2.26. The number of fused-ring (bicyclic) bond motifs is 1. The van der Waals surface area contributed by atoms with E-state index in [9.17, 15) is 29.4 Å². The highest BCUT2D eigenvalue weighted by atomic mass is 16.8. The number of Topliss-reactive ketones (excluding diaryl/α,β-unsaturated/α-hetero) is 1. The minimum atomic E-state index is -1.09. The molecule has 0 aliphatic carbocycles. The number of hydrogen-bond donors (Lipinski definition) is 7. The Morgan fingerprint density at radius 1 is 0.639 bits per heavy atom. The quantitative estimate of drug-likeness (QED) is 0.0541. The maximum Gasteiger partial charge on any atom is 0.330 e. The monoisotopic (exact) mass is 1040 g/mol. The second kappa shape index (κ2) is 36.9. The third-order valence-corrected chi connectivity index (χ3v) is 9.49. The van der Waals surface area contributed by atoms with Crippen molar-refractivity contribution < 1.29 is 102 Å². The Kier molecular flexibility index (Phi) is 36.4. The zero-order valence-electron chi connectivity index (χ0n) is 45.8. The number of carbonyl (C=O) groups excluding carboxylic acids is 4. The molecule has 0 radical (unpaired) electrons. The Morgan fingerprint density at radius 3 is 1.56 bits per heavy atom. The summed E-state index contributed by atoms with van der Waals surface area (Å²) in [5.41, 5.74) is 0. The molecule has 4 heterocycles. The second-order valence-electron chi connectivity index (χ2n) is 19.8. The van der Waals surface area contributed by atoms with Crippen molar-refractivity contribution in [2.45, 2.75) is 252 Å². The molecule has 7 N–H and O–H groups in total. The molecule has 0 aromatic rings. The van der Waals surface area contributed by atoms with Gasteiger partial charge in [-0.2, -0.15) is 0 Å². The topological polar surface area (TPSA) is 302 Å². The molecule has 424 valence electrons. The van der Waals surface area contributed by atoms with Crippen LogP contribution in [0.5, 0.6) is 0 Å². The average molecular weight is 1040 g/mol. The molecular weight excluding hydrogens is 949 g/mol. The standard InChI is InChI=1S/C13H24O5.C13H22O5.C8H14O4.C8H16O4.C6H10O2.C3H8O/c2*1-9(2)16-12(15)7-5-6-10-11(8-14)18-13(3,4)17-10;1-8(2)11-5-3-7(9)10-4-6(5)12-8;1-6(10)3-2-4-7(11)8(12)5-9;1-4-6(7)8-5(2)3;1-3(2)4/h9-11,14H,5-8H2,1-4H3;5,7,9-11,14H,6,8H2,1-4H3;5-7,9H,3-4H2,1-2H3;7-9,11-12H,2-5H2,1H3;4-5H,1H2,2-3H3;3-4H,1-2H3/b;7-5+;;;;/t2*10-,11+;5-,6+,7?;7-,8+;;/m0000../s1. The van der Waals surface area contributed by atoms with E-state index in [4.69, 9.17) is 68.2 Å². The molecule has 0 spiro atoms. The van der Waals surface area contributed by atoms with Crippen molar-refractivity contribution in [2.24, 2.45) is 0 Å². The number of ketones is 1. The van der Waals surface area contributed by atoms with Gasteiger partial charge in [0.15, 0.2) is 23.7 Å². The van der Waals surface area contributed by atoms with E-state index in [-0.39, 0.29) is 97.9 Å². The molecule has 0 bridgehead atoms. The molecule has 0 aromatic carbocycles. The molecule has 4 rings (SSSR count). The first kappa shape index (κ1) is 71.1. The van der Waals surface area contributed by atoms with Crippen molar-refractivity contribution in [3.8, 4) is 0 Å². The van der Waals surface area contributed by atoms with Crippen molar-refractivity contribution in [3.05, 3.63) is 24.8 Å². The van der Waals surface area contributed by atoms with E-state index in [2.05, 4.69) is 11.3 Å². The van der Waals surface area contributed by atoms with Gasteiger partial charge < -0.3 is 87.9 Å². The third kappa shape index (κ3) is 36.0. The van der Waals surface area contributed by atoms with Gasteiger partial charge in [0.25, 0.3) is 0 Å². The van der Waals surface area contributed by atoms with Crippen LogP contribution in [0.25, 0.3) is 0 Å². The number of aliphatic hydroxyl groups is 7. The number of ether oxygens (including phenoxy) is 10. The summed E-state index contributed by atoms with van der Waals surface area (Å²) >= 11 is 0. The number of rotatable bonds is 19. The van der Waals surface area contributed by atoms with E-state index in [1.54, 1.807) is 61.5 Å². The molecule has 21 heteroatoms. The summed E-state index contributed by atoms with van der Waals surface area (Å²) in [5.74, 6) is -2.73. The zero-order valence-corrected chi connectivity index (χ0v) is 45.8. The highest BCUT2D eigenvalue weighted by molar-refractivity contribution is 5.82. The summed E-state index contributed by atoms with van der Waals surface area (Å²) in [6.45, 7) is 29.8. The summed E-state index contributed by atoms with van der Waals surface area (Å²) < 4.78 is 53.2. The lowest BCUT2D eigenvalue weighted by Crippen LogP contribution is -2.39. The number of carbonyl (C=O) groups is 4. The van der Waals surface area contributed by atoms with Crippen LogP contribution in [0.1, 0.15) is 155 Å². The van der Waals surface area contributed by atoms with E-state index in [1.165, 1.54) is 13.0 Å². The molecule has 4 aliphatic heterocycles. The highest BCUT2D eigenvalue weighted by Gasteiger charge is 2.45. The summed E-state index contributed by atoms with van der Waals surface area (Å²) in [6, 6.07) is 0. The SMILES string of the molecule is C=CC(=O)OC(C)C.CC(=O)CCC[C@H](O)[C@H](O)CO.CC(C)O.CC(C)OC(=O)/C=C/C[C@@H]1OC(C)(C)O[C@@H]1CO.CC(C)OC(=O)CCC[C@@H]1OC(C)(C)O[C@@H]1CO.CC1(C)O[C@H]2CC(O)OC[C@H]2O1. The smallest absolute Gasteiger partial charge is 0.330 e. The van der Waals surface area contributed by atoms with E-state index in [0.717, 1.165) is 6.08 Å². The van der Waals surface area contributed by atoms with Crippen LogP contribution in [0.3, 0.4) is 0 Å². The molecule has 72 heavy (non-hydrogen) atoms. The van der Waals surface area contributed by atoms with Crippen LogP contribution in [0, 0.1) is 0 Å². The van der Waals surface area contributed by atoms with E-state index in [0.29, 0.717) is 58.0 Å². The summed E-state index contributed by atoms with van der Waals surface area (Å²) in [7, 11) is 0. The second-order valence-corrected chi connectivity index (χ2v) is 19.8. The van der Waals surface area contributed by atoms with Crippen LogP contribution < -0.4 is 0 Å². The van der Waals surface area contributed by atoms with Gasteiger partial charge in [-0.15, -0.1) is 0 Å². The molecule has 0 amide bonds. The minimum Gasteiger partial charge on any atom is -0.463 e. The average Bonchev–Trinajstić information content (AvgIpc) is 3.85. The molecule has 1 unspecified atom stereocenters. The highest BCUT2D eigenvalue weighted by Crippen LogP contribution is 2.34. The number of aliphatic hydroxyl groups excluding tert-OH is 7. The predicted molar refractivity (Wildman–Crippen MR) is 265 cm³/mol. The van der Waals surface area contributed by atoms with Gasteiger partial charge in [-0.3, -0.25) is 4.79 Å². The van der Waals surface area contributed by atoms with E-state index in [1.807, 2.05) is 41.5 Å². The van der Waals surface area contributed by atoms with Gasteiger partial charge in [-0.05, 0) is 136 Å². The van der Waals surface area contributed by atoms with Crippen molar-refractivity contribution in [3.63, 3.8) is 0 Å². The Hall–Kier alpha value is -3.00. The third-order valence-electron chi connectivity index (χ3n) is 9.49. The van der Waals surface area contributed by atoms with Crippen LogP contribution in [-0.2, 0) is 66.5 Å². The molecule has 0 saturated carbocycles. The fourth-order valence-electron chi connectivity index (χ4n) is 6.79. The van der Waals surface area contributed by atoms with Gasteiger partial charge in [0, 0.05) is 37.5 Å². The number of esters is 3. The number of hydrogen-bond acceptors (Lipinski definition) is 21. The Labute approximate surface area is 428 Å². The maximum atomic E-state index is 11.4. The lowest BCUT2D eigenvalue weighted by molar-refractivity contribution is -0.167. The first-order chi connectivity index (χ1) is 33.2. The summed E-state index contributed by atoms with van der Waals surface area (Å²) in [5, 5.41) is 62.1. The minimum absolute atomic E-state index is 0.0104. The van der Waals surface area contributed by atoms with Gasteiger partial charge in [0.2, 0.25) is 0 Å². The van der Waals surface area contributed by atoms with E-state index < -0.39 is 42.5 Å². The fraction of sp³-hybridized carbons (Fsp3) is 0.843. The Balaban J connectivity index is 0. The van der Waals surface area contributed by atoms with Gasteiger partial charge in [-0.25, -0.2) is 9.59 Å². The van der Waals surface area contributed by atoms with Gasteiger partial charge in [0.1, 0.15) is 30.2 Å². The summed E-state index contributed by atoms with van der Waals surface area (Å²) in [4.78, 5) is 43.4. The Morgan fingerprint density at radius 2 is 1.10 bits per heavy atom. The van der Waals surface area contributed by atoms with E-state index >= 15 is 0 Å². The van der Waals surface area contributed by atoms with Crippen molar-refractivity contribution >= 4 is 23.7 Å². The summed E-state index contributed by atoms with van der Waals surface area (Å²) in [6.07, 6.45) is 4.07.